The third-order valence-electron chi connectivity index (χ3n) is 6.18. The molecule has 1 rings (SSSR count). The molecule has 0 aliphatic heterocycles. The van der Waals surface area contributed by atoms with E-state index in [1.807, 2.05) is 6.08 Å². The van der Waals surface area contributed by atoms with Crippen LogP contribution >= 0.6 is 11.6 Å². The number of hydrogen-bond acceptors (Lipinski definition) is 4. The Morgan fingerprint density at radius 2 is 2.03 bits per heavy atom. The van der Waals surface area contributed by atoms with Crippen molar-refractivity contribution in [3.63, 3.8) is 0 Å². The van der Waals surface area contributed by atoms with E-state index in [0.29, 0.717) is 30.4 Å². The van der Waals surface area contributed by atoms with E-state index in [1.165, 1.54) is 37.6 Å². The Morgan fingerprint density at radius 1 is 1.31 bits per heavy atom. The molecule has 6 heteroatoms. The lowest BCUT2D eigenvalue weighted by atomic mass is 9.83. The van der Waals surface area contributed by atoms with E-state index in [4.69, 9.17) is 16.3 Å². The first-order chi connectivity index (χ1) is 15.3. The monoisotopic (exact) mass is 467 g/mol. The van der Waals surface area contributed by atoms with Crippen LogP contribution in [0, 0.1) is 5.92 Å². The molecule has 1 aliphatic rings. The van der Waals surface area contributed by atoms with E-state index in [2.05, 4.69) is 13.0 Å². The predicted octanol–water partition coefficient (Wildman–Crippen LogP) is 5.57. The first-order valence-corrected chi connectivity index (χ1v) is 12.4. The summed E-state index contributed by atoms with van der Waals surface area (Å²) in [6, 6.07) is 0. The van der Waals surface area contributed by atoms with Crippen LogP contribution in [0.4, 0.5) is 0 Å². The van der Waals surface area contributed by atoms with Gasteiger partial charge in [0.15, 0.2) is 5.78 Å². The number of aliphatic hydroxyl groups is 1. The molecule has 0 saturated carbocycles. The molecule has 0 fully saturated rings. The number of aliphatic hydroxyl groups excluding tert-OH is 1. The minimum Gasteiger partial charge on any atom is -0.392 e. The second-order valence-corrected chi connectivity index (χ2v) is 8.98. The van der Waals surface area contributed by atoms with Crippen LogP contribution in [0.1, 0.15) is 78.1 Å². The van der Waals surface area contributed by atoms with Crippen LogP contribution < -0.4 is 0 Å². The Hall–Kier alpha value is -1.43. The number of ketones is 1. The normalized spacial score (nSPS) is 20.5. The molecule has 1 aliphatic carbocycles. The topological polar surface area (TPSA) is 66.8 Å². The van der Waals surface area contributed by atoms with E-state index in [-0.39, 0.29) is 24.3 Å². The van der Waals surface area contributed by atoms with E-state index in [9.17, 15) is 14.7 Å². The predicted molar refractivity (Wildman–Crippen MR) is 132 cm³/mol. The highest BCUT2D eigenvalue weighted by Crippen LogP contribution is 2.26. The number of unbranched alkanes of at least 4 members (excludes halogenated alkanes) is 4. The van der Waals surface area contributed by atoms with E-state index < -0.39 is 12.0 Å². The maximum atomic E-state index is 12.5. The minimum absolute atomic E-state index is 0.00169. The van der Waals surface area contributed by atoms with Gasteiger partial charge < -0.3 is 14.7 Å². The van der Waals surface area contributed by atoms with E-state index in [1.54, 1.807) is 32.1 Å². The number of amides is 1. The Morgan fingerprint density at radius 3 is 2.69 bits per heavy atom. The molecule has 32 heavy (non-hydrogen) atoms. The van der Waals surface area contributed by atoms with Crippen molar-refractivity contribution in [1.29, 1.82) is 0 Å². The van der Waals surface area contributed by atoms with Crippen molar-refractivity contribution >= 4 is 23.3 Å². The van der Waals surface area contributed by atoms with Crippen molar-refractivity contribution in [3.8, 4) is 0 Å². The Bertz CT molecular complexity index is 671. The van der Waals surface area contributed by atoms with Crippen molar-refractivity contribution in [2.75, 3.05) is 20.7 Å². The van der Waals surface area contributed by atoms with Crippen LogP contribution in [0.3, 0.4) is 0 Å². The fourth-order valence-corrected chi connectivity index (χ4v) is 4.03. The molecule has 0 heterocycles. The van der Waals surface area contributed by atoms with Crippen LogP contribution in [0.2, 0.25) is 0 Å². The lowest BCUT2D eigenvalue weighted by molar-refractivity contribution is -0.129. The third kappa shape index (κ3) is 10.0. The highest BCUT2D eigenvalue weighted by atomic mass is 35.5. The molecule has 0 radical (unpaired) electrons. The molecule has 0 saturated heterocycles. The number of nitrogens with zero attached hydrogens (tertiary/aromatic N) is 1. The van der Waals surface area contributed by atoms with Gasteiger partial charge in [-0.15, -0.1) is 0 Å². The number of methoxy groups -OCH3 is 1. The fraction of sp³-hybridized carbons (Fsp3) is 0.692. The second-order valence-electron chi connectivity index (χ2n) is 8.76. The average Bonchev–Trinajstić information content (AvgIpc) is 2.79. The van der Waals surface area contributed by atoms with Crippen LogP contribution in [-0.2, 0) is 14.3 Å². The standard InChI is InChI=1S/C26H42ClNO4/c1-5-6-7-8-10-13-22(32-4)14-11-9-12-15-25(30)28(3)19-21(18-27)23-16-17-24(29)20(2)26(23)31/h9,11,16,18,20,22,24,29H,5-8,10,12-15,17,19H2,1-4H3. The van der Waals surface area contributed by atoms with Gasteiger partial charge in [0.05, 0.1) is 12.2 Å². The maximum absolute atomic E-state index is 12.5. The molecule has 1 N–H and O–H groups in total. The van der Waals surface area contributed by atoms with Crippen LogP contribution in [-0.4, -0.2) is 54.6 Å². The van der Waals surface area contributed by atoms with Gasteiger partial charge in [0.1, 0.15) is 0 Å². The number of carbonyl (C=O) groups excluding carboxylic acids is 2. The molecule has 0 aromatic rings. The van der Waals surface area contributed by atoms with Gasteiger partial charge in [0.2, 0.25) is 5.91 Å². The number of halogens is 1. The van der Waals surface area contributed by atoms with Gasteiger partial charge >= 0.3 is 0 Å². The van der Waals surface area contributed by atoms with Crippen molar-refractivity contribution in [1.82, 2.24) is 4.90 Å². The van der Waals surface area contributed by atoms with E-state index >= 15 is 0 Å². The zero-order valence-electron chi connectivity index (χ0n) is 20.3. The molecular weight excluding hydrogens is 426 g/mol. The maximum Gasteiger partial charge on any atom is 0.222 e. The number of ether oxygens (including phenoxy) is 1. The lowest BCUT2D eigenvalue weighted by Gasteiger charge is -2.26. The lowest BCUT2D eigenvalue weighted by Crippen LogP contribution is -2.34. The first kappa shape index (κ1) is 28.6. The molecule has 1 amide bonds. The summed E-state index contributed by atoms with van der Waals surface area (Å²) in [4.78, 5) is 26.6. The van der Waals surface area contributed by atoms with E-state index in [0.717, 1.165) is 12.8 Å². The highest BCUT2D eigenvalue weighted by molar-refractivity contribution is 6.26. The number of carbonyl (C=O) groups is 2. The summed E-state index contributed by atoms with van der Waals surface area (Å²) in [6.07, 6.45) is 15.2. The molecule has 0 aromatic heterocycles. The molecule has 0 aromatic carbocycles. The second kappa shape index (κ2) is 16.2. The van der Waals surface area contributed by atoms with Crippen molar-refractivity contribution in [3.05, 3.63) is 34.9 Å². The van der Waals surface area contributed by atoms with Gasteiger partial charge in [-0.25, -0.2) is 0 Å². The van der Waals surface area contributed by atoms with Crippen molar-refractivity contribution in [2.24, 2.45) is 5.92 Å². The van der Waals surface area contributed by atoms with Gasteiger partial charge in [-0.1, -0.05) is 75.8 Å². The Labute approximate surface area is 199 Å². The van der Waals surface area contributed by atoms with Crippen molar-refractivity contribution in [2.45, 2.75) is 90.3 Å². The fourth-order valence-electron chi connectivity index (χ4n) is 3.85. The first-order valence-electron chi connectivity index (χ1n) is 12.0. The molecule has 0 bridgehead atoms. The summed E-state index contributed by atoms with van der Waals surface area (Å²) in [5.74, 6) is -0.584. The zero-order valence-corrected chi connectivity index (χ0v) is 21.1. The van der Waals surface area contributed by atoms with Crippen molar-refractivity contribution < 1.29 is 19.4 Å². The summed E-state index contributed by atoms with van der Waals surface area (Å²) in [5, 5.41) is 9.86. The Kier molecular flexibility index (Phi) is 14.5. The molecule has 0 spiro atoms. The zero-order chi connectivity index (χ0) is 23.9. The molecule has 5 nitrogen and oxygen atoms in total. The van der Waals surface area contributed by atoms with Gasteiger partial charge in [0, 0.05) is 44.1 Å². The number of hydrogen-bond donors (Lipinski definition) is 1. The van der Waals surface area contributed by atoms with Crippen LogP contribution in [0.5, 0.6) is 0 Å². The number of Topliss-reactive ketones (excluding diaryl/α,β-unsaturated/α-hetero) is 1. The Balaban J connectivity index is 2.39. The number of allylic oxidation sites excluding steroid dienone is 1. The molecular formula is C26H42ClNO4. The highest BCUT2D eigenvalue weighted by Gasteiger charge is 2.30. The third-order valence-corrected chi connectivity index (χ3v) is 6.45. The summed E-state index contributed by atoms with van der Waals surface area (Å²) in [5.41, 5.74) is 2.49. The van der Waals surface area contributed by atoms with Gasteiger partial charge in [-0.2, -0.15) is 0 Å². The van der Waals surface area contributed by atoms with Crippen LogP contribution in [0.25, 0.3) is 0 Å². The number of rotatable bonds is 15. The summed E-state index contributed by atoms with van der Waals surface area (Å²) in [6.45, 7) is 4.21. The molecule has 3 unspecified atom stereocenters. The molecule has 182 valence electrons. The van der Waals surface area contributed by atoms with Gasteiger partial charge in [0.25, 0.3) is 0 Å². The van der Waals surface area contributed by atoms with Crippen LogP contribution in [0.15, 0.2) is 34.9 Å². The minimum atomic E-state index is -0.660. The summed E-state index contributed by atoms with van der Waals surface area (Å²) >= 11 is 5.97. The smallest absolute Gasteiger partial charge is 0.222 e. The summed E-state index contributed by atoms with van der Waals surface area (Å²) < 4.78 is 5.57. The molecule has 3 atom stereocenters. The van der Waals surface area contributed by atoms with Gasteiger partial charge in [-0.05, 0) is 31.3 Å². The summed E-state index contributed by atoms with van der Waals surface area (Å²) in [7, 11) is 3.48. The average molecular weight is 468 g/mol. The SMILES string of the molecule is CCCCCCCC(CC=CCCC(=O)N(C)CC(=CCl)C1=CCC(O)C(C)C1=O)OC. The number of likely N-dealkylation sites (N-methyl/N-ethyl adjacent to an activating group) is 1. The van der Waals surface area contributed by atoms with Gasteiger partial charge in [-0.3, -0.25) is 9.59 Å². The largest absolute Gasteiger partial charge is 0.392 e. The quantitative estimate of drug-likeness (QED) is 0.252.